The summed E-state index contributed by atoms with van der Waals surface area (Å²) >= 11 is 0. The van der Waals surface area contributed by atoms with Crippen LogP contribution in [0.1, 0.15) is 0 Å². The van der Waals surface area contributed by atoms with Crippen LogP contribution in [0.2, 0.25) is 0 Å². The Morgan fingerprint density at radius 3 is 2.71 bits per heavy atom. The molecule has 0 saturated carbocycles. The first-order valence-electron chi connectivity index (χ1n) is 3.73. The Hall–Kier alpha value is -2.18. The minimum absolute atomic E-state index is 0.00588. The van der Waals surface area contributed by atoms with Crippen LogP contribution >= 0.6 is 0 Å². The molecule has 0 fully saturated rings. The molecular weight excluding hydrogens is 188 g/mol. The van der Waals surface area contributed by atoms with E-state index in [2.05, 4.69) is 22.1 Å². The number of H-pyrrole nitrogens is 2. The van der Waals surface area contributed by atoms with Gasteiger partial charge in [-0.25, -0.2) is 4.79 Å². The summed E-state index contributed by atoms with van der Waals surface area (Å²) in [5, 5.41) is 5.11. The van der Waals surface area contributed by atoms with E-state index in [9.17, 15) is 14.5 Å². The molecule has 0 bridgehead atoms. The van der Waals surface area contributed by atoms with Gasteiger partial charge >= 0.3 is 5.69 Å². The molecule has 1 aromatic rings. The average molecular weight is 196 g/mol. The number of nitrogens with zero attached hydrogens (tertiary/aromatic N) is 1. The van der Waals surface area contributed by atoms with Crippen LogP contribution in [-0.2, 0) is 0 Å². The number of nitroso groups, excluding NO2 is 1. The third kappa shape index (κ3) is 1.94. The zero-order chi connectivity index (χ0) is 10.6. The van der Waals surface area contributed by atoms with Gasteiger partial charge in [-0.3, -0.25) is 14.8 Å². The van der Waals surface area contributed by atoms with Crippen molar-refractivity contribution in [2.75, 3.05) is 11.9 Å². The normalized spacial score (nSPS) is 9.43. The van der Waals surface area contributed by atoms with Gasteiger partial charge in [0.15, 0.2) is 0 Å². The summed E-state index contributed by atoms with van der Waals surface area (Å²) in [4.78, 5) is 36.2. The van der Waals surface area contributed by atoms with E-state index in [4.69, 9.17) is 0 Å². The predicted molar refractivity (Wildman–Crippen MR) is 51.8 cm³/mol. The molecular formula is C7H8N4O3. The lowest BCUT2D eigenvalue weighted by molar-refractivity contribution is 1.02. The monoisotopic (exact) mass is 196 g/mol. The van der Waals surface area contributed by atoms with Crippen LogP contribution in [0.3, 0.4) is 0 Å². The summed E-state index contributed by atoms with van der Waals surface area (Å²) < 4.78 is 0. The van der Waals surface area contributed by atoms with Crippen molar-refractivity contribution in [3.8, 4) is 0 Å². The predicted octanol–water partition coefficient (Wildman–Crippen LogP) is 0.0590. The Morgan fingerprint density at radius 2 is 2.14 bits per heavy atom. The summed E-state index contributed by atoms with van der Waals surface area (Å²) in [7, 11) is 0. The minimum atomic E-state index is -0.824. The van der Waals surface area contributed by atoms with Gasteiger partial charge in [0.2, 0.25) is 5.69 Å². The summed E-state index contributed by atoms with van der Waals surface area (Å²) in [6, 6.07) is 0. The maximum absolute atomic E-state index is 11.0. The maximum atomic E-state index is 11.0. The molecule has 0 saturated heterocycles. The molecule has 0 amide bonds. The lowest BCUT2D eigenvalue weighted by Crippen LogP contribution is -2.23. The van der Waals surface area contributed by atoms with Crippen molar-refractivity contribution < 1.29 is 0 Å². The minimum Gasteiger partial charge on any atom is -0.366 e. The molecule has 7 heteroatoms. The second kappa shape index (κ2) is 4.17. The number of hydrogen-bond acceptors (Lipinski definition) is 5. The lowest BCUT2D eigenvalue weighted by atomic mass is 10.4. The van der Waals surface area contributed by atoms with Crippen molar-refractivity contribution in [2.24, 2.45) is 5.18 Å². The topological polar surface area (TPSA) is 107 Å². The van der Waals surface area contributed by atoms with Crippen molar-refractivity contribution in [1.82, 2.24) is 9.97 Å². The molecule has 1 rings (SSSR count). The highest BCUT2D eigenvalue weighted by atomic mass is 16.3. The summed E-state index contributed by atoms with van der Waals surface area (Å²) in [5.41, 5.74) is -1.91. The van der Waals surface area contributed by atoms with Crippen molar-refractivity contribution in [1.29, 1.82) is 0 Å². The van der Waals surface area contributed by atoms with Crippen molar-refractivity contribution in [3.05, 3.63) is 38.4 Å². The van der Waals surface area contributed by atoms with Gasteiger partial charge in [-0.15, -0.1) is 11.5 Å². The van der Waals surface area contributed by atoms with Crippen LogP contribution in [0.4, 0.5) is 11.5 Å². The van der Waals surface area contributed by atoms with Crippen molar-refractivity contribution >= 4 is 11.5 Å². The molecule has 74 valence electrons. The molecule has 14 heavy (non-hydrogen) atoms. The first-order valence-corrected chi connectivity index (χ1v) is 3.73. The zero-order valence-electron chi connectivity index (χ0n) is 7.16. The van der Waals surface area contributed by atoms with E-state index in [0.29, 0.717) is 6.54 Å². The number of aromatic nitrogens is 2. The van der Waals surface area contributed by atoms with Crippen LogP contribution in [0.25, 0.3) is 0 Å². The van der Waals surface area contributed by atoms with Gasteiger partial charge in [0.25, 0.3) is 5.56 Å². The number of anilines is 1. The molecule has 0 aromatic carbocycles. The fourth-order valence-electron chi connectivity index (χ4n) is 0.869. The molecule has 0 spiro atoms. The molecule has 7 nitrogen and oxygen atoms in total. The van der Waals surface area contributed by atoms with Gasteiger partial charge in [0.05, 0.1) is 0 Å². The molecule has 0 radical (unpaired) electrons. The smallest absolute Gasteiger partial charge is 0.327 e. The third-order valence-electron chi connectivity index (χ3n) is 1.43. The molecule has 0 aliphatic rings. The standard InChI is InChI=1S/C7H8N4O3/c1-2-3-8-5-4(11-14)6(12)10-7(13)9-5/h2H,1,3H2,(H3,8,9,10,12,13). The molecule has 0 aliphatic heterocycles. The van der Waals surface area contributed by atoms with Gasteiger partial charge < -0.3 is 5.32 Å². The van der Waals surface area contributed by atoms with Crippen LogP contribution in [0.15, 0.2) is 27.4 Å². The van der Waals surface area contributed by atoms with E-state index in [1.807, 2.05) is 4.98 Å². The van der Waals surface area contributed by atoms with Crippen LogP contribution < -0.4 is 16.6 Å². The van der Waals surface area contributed by atoms with Crippen molar-refractivity contribution in [2.45, 2.75) is 0 Å². The summed E-state index contributed by atoms with van der Waals surface area (Å²) in [6.45, 7) is 3.73. The fraction of sp³-hybridized carbons (Fsp3) is 0.143. The van der Waals surface area contributed by atoms with Gasteiger partial charge in [0.1, 0.15) is 5.82 Å². The zero-order valence-corrected chi connectivity index (χ0v) is 7.16. The maximum Gasteiger partial charge on any atom is 0.327 e. The second-order valence-electron chi connectivity index (χ2n) is 2.39. The largest absolute Gasteiger partial charge is 0.366 e. The van der Waals surface area contributed by atoms with E-state index in [1.54, 1.807) is 0 Å². The Balaban J connectivity index is 3.24. The van der Waals surface area contributed by atoms with Crippen LogP contribution in [0, 0.1) is 4.91 Å². The molecule has 1 heterocycles. The highest BCUT2D eigenvalue weighted by molar-refractivity contribution is 5.58. The average Bonchev–Trinajstić information content (AvgIpc) is 2.14. The lowest BCUT2D eigenvalue weighted by Gasteiger charge is -2.02. The Morgan fingerprint density at radius 1 is 1.43 bits per heavy atom. The number of aromatic amines is 2. The fourth-order valence-corrected chi connectivity index (χ4v) is 0.869. The van der Waals surface area contributed by atoms with Gasteiger partial charge in [-0.1, -0.05) is 6.08 Å². The molecule has 0 aliphatic carbocycles. The van der Waals surface area contributed by atoms with E-state index in [-0.39, 0.29) is 11.5 Å². The molecule has 3 N–H and O–H groups in total. The van der Waals surface area contributed by atoms with Gasteiger partial charge in [-0.05, 0) is 5.18 Å². The molecule has 0 atom stereocenters. The summed E-state index contributed by atoms with van der Waals surface area (Å²) in [6.07, 6.45) is 1.51. The van der Waals surface area contributed by atoms with E-state index < -0.39 is 11.2 Å². The summed E-state index contributed by atoms with van der Waals surface area (Å²) in [5.74, 6) is -0.00588. The Bertz CT molecular complexity index is 459. The second-order valence-corrected chi connectivity index (χ2v) is 2.39. The first kappa shape index (κ1) is 9.90. The van der Waals surface area contributed by atoms with Crippen LogP contribution in [0.5, 0.6) is 0 Å². The van der Waals surface area contributed by atoms with E-state index in [0.717, 1.165) is 0 Å². The SMILES string of the molecule is C=CCNc1[nH]c(=O)[nH]c(=O)c1N=O. The van der Waals surface area contributed by atoms with E-state index in [1.165, 1.54) is 6.08 Å². The Kier molecular flexibility index (Phi) is 2.95. The third-order valence-corrected chi connectivity index (χ3v) is 1.43. The van der Waals surface area contributed by atoms with Gasteiger partial charge in [0, 0.05) is 6.54 Å². The number of nitrogens with one attached hydrogen (secondary N) is 3. The van der Waals surface area contributed by atoms with Gasteiger partial charge in [-0.2, -0.15) is 0 Å². The highest BCUT2D eigenvalue weighted by Gasteiger charge is 2.08. The quantitative estimate of drug-likeness (QED) is 0.467. The first-order chi connectivity index (χ1) is 6.69. The Labute approximate surface area is 77.8 Å². The number of rotatable bonds is 4. The molecule has 0 unspecified atom stereocenters. The number of hydrogen-bond donors (Lipinski definition) is 3. The highest BCUT2D eigenvalue weighted by Crippen LogP contribution is 2.13. The van der Waals surface area contributed by atoms with Crippen LogP contribution in [-0.4, -0.2) is 16.5 Å². The van der Waals surface area contributed by atoms with Crippen molar-refractivity contribution in [3.63, 3.8) is 0 Å². The molecule has 1 aromatic heterocycles. The van der Waals surface area contributed by atoms with E-state index >= 15 is 0 Å².